The Morgan fingerprint density at radius 1 is 1.70 bits per heavy atom. The molecule has 7 heteroatoms. The van der Waals surface area contributed by atoms with Crippen LogP contribution in [0.4, 0.5) is 5.69 Å². The van der Waals surface area contributed by atoms with E-state index in [1.807, 2.05) is 7.05 Å². The van der Waals surface area contributed by atoms with E-state index in [9.17, 15) is 9.90 Å². The van der Waals surface area contributed by atoms with Crippen LogP contribution in [0, 0.1) is 11.3 Å². The smallest absolute Gasteiger partial charge is 0.238 e. The van der Waals surface area contributed by atoms with Crippen LogP contribution in [0.3, 0.4) is 0 Å². The minimum atomic E-state index is -0.172. The Hall–Kier alpha value is -1.44. The summed E-state index contributed by atoms with van der Waals surface area (Å²) in [5.74, 6) is 0.283. The Kier molecular flexibility index (Phi) is 3.49. The molecule has 20 heavy (non-hydrogen) atoms. The third kappa shape index (κ3) is 2.44. The number of likely N-dealkylation sites (tertiary alicyclic amines) is 1. The van der Waals surface area contributed by atoms with Crippen LogP contribution in [0.1, 0.15) is 0 Å². The first-order valence-electron chi connectivity index (χ1n) is 6.81. The first kappa shape index (κ1) is 13.5. The van der Waals surface area contributed by atoms with E-state index >= 15 is 0 Å². The van der Waals surface area contributed by atoms with Crippen molar-refractivity contribution < 1.29 is 14.6 Å². The number of hydrogen-bond donors (Lipinski definition) is 2. The lowest BCUT2D eigenvalue weighted by Crippen LogP contribution is -2.37. The normalized spacial score (nSPS) is 29.6. The number of aliphatic hydroxyl groups excluding tert-OH is 1. The molecule has 0 aliphatic carbocycles. The second-order valence-corrected chi connectivity index (χ2v) is 5.85. The molecule has 0 bridgehead atoms. The van der Waals surface area contributed by atoms with Gasteiger partial charge in [0.05, 0.1) is 38.2 Å². The summed E-state index contributed by atoms with van der Waals surface area (Å²) in [5, 5.41) is 16.4. The highest BCUT2D eigenvalue weighted by Gasteiger charge is 2.50. The third-order valence-electron chi connectivity index (χ3n) is 4.26. The lowest BCUT2D eigenvalue weighted by Gasteiger charge is -2.24. The van der Waals surface area contributed by atoms with E-state index < -0.39 is 0 Å². The number of aromatic nitrogens is 2. The summed E-state index contributed by atoms with van der Waals surface area (Å²) in [6, 6.07) is 0. The van der Waals surface area contributed by atoms with Crippen molar-refractivity contribution in [3.05, 3.63) is 12.4 Å². The zero-order valence-electron chi connectivity index (χ0n) is 11.6. The summed E-state index contributed by atoms with van der Waals surface area (Å²) in [4.78, 5) is 14.1. The Morgan fingerprint density at radius 3 is 3.20 bits per heavy atom. The van der Waals surface area contributed by atoms with Crippen LogP contribution in [0.5, 0.6) is 0 Å². The predicted octanol–water partition coefficient (Wildman–Crippen LogP) is -0.701. The lowest BCUT2D eigenvalue weighted by atomic mass is 9.82. The molecule has 0 aromatic carbocycles. The fraction of sp³-hybridized carbons (Fsp3) is 0.692. The van der Waals surface area contributed by atoms with Gasteiger partial charge in [-0.25, -0.2) is 0 Å². The topological polar surface area (TPSA) is 79.6 Å². The van der Waals surface area contributed by atoms with Gasteiger partial charge in [-0.3, -0.25) is 14.4 Å². The molecule has 1 amide bonds. The van der Waals surface area contributed by atoms with Crippen LogP contribution in [0.15, 0.2) is 12.4 Å². The predicted molar refractivity (Wildman–Crippen MR) is 72.1 cm³/mol. The van der Waals surface area contributed by atoms with Crippen LogP contribution in [0.25, 0.3) is 0 Å². The number of nitrogens with zero attached hydrogens (tertiary/aromatic N) is 3. The fourth-order valence-electron chi connectivity index (χ4n) is 3.18. The molecule has 7 nitrogen and oxygen atoms in total. The summed E-state index contributed by atoms with van der Waals surface area (Å²) in [6.45, 7) is 3.26. The molecule has 2 atom stereocenters. The molecule has 0 saturated carbocycles. The van der Waals surface area contributed by atoms with Gasteiger partial charge in [0, 0.05) is 37.7 Å². The monoisotopic (exact) mass is 280 g/mol. The quantitative estimate of drug-likeness (QED) is 0.762. The zero-order valence-corrected chi connectivity index (χ0v) is 11.6. The Morgan fingerprint density at radius 2 is 2.55 bits per heavy atom. The Bertz CT molecular complexity index is 504. The van der Waals surface area contributed by atoms with Crippen molar-refractivity contribution in [2.45, 2.75) is 0 Å². The maximum Gasteiger partial charge on any atom is 0.238 e. The average Bonchev–Trinajstić information content (AvgIpc) is 3.03. The van der Waals surface area contributed by atoms with Crippen molar-refractivity contribution in [3.8, 4) is 0 Å². The van der Waals surface area contributed by atoms with Crippen LogP contribution in [0.2, 0.25) is 0 Å². The molecular formula is C13H20N4O3. The second-order valence-electron chi connectivity index (χ2n) is 5.85. The summed E-state index contributed by atoms with van der Waals surface area (Å²) in [7, 11) is 1.81. The van der Waals surface area contributed by atoms with Crippen LogP contribution in [-0.2, 0) is 16.6 Å². The molecule has 110 valence electrons. The van der Waals surface area contributed by atoms with Crippen molar-refractivity contribution in [2.75, 3.05) is 44.8 Å². The largest absolute Gasteiger partial charge is 0.396 e. The maximum absolute atomic E-state index is 12.0. The van der Waals surface area contributed by atoms with E-state index in [0.29, 0.717) is 37.9 Å². The van der Waals surface area contributed by atoms with Gasteiger partial charge in [0.15, 0.2) is 0 Å². The fourth-order valence-corrected chi connectivity index (χ4v) is 3.18. The van der Waals surface area contributed by atoms with Gasteiger partial charge >= 0.3 is 0 Å². The maximum atomic E-state index is 12.0. The van der Waals surface area contributed by atoms with Crippen LogP contribution < -0.4 is 5.32 Å². The van der Waals surface area contributed by atoms with Crippen molar-refractivity contribution in [3.63, 3.8) is 0 Å². The number of ether oxygens (including phenoxy) is 1. The van der Waals surface area contributed by atoms with E-state index in [1.54, 1.807) is 17.1 Å². The highest BCUT2D eigenvalue weighted by atomic mass is 16.5. The first-order chi connectivity index (χ1) is 9.61. The highest BCUT2D eigenvalue weighted by molar-refractivity contribution is 5.92. The minimum Gasteiger partial charge on any atom is -0.396 e. The second kappa shape index (κ2) is 5.16. The first-order valence-corrected chi connectivity index (χ1v) is 6.81. The summed E-state index contributed by atoms with van der Waals surface area (Å²) < 4.78 is 7.11. The summed E-state index contributed by atoms with van der Waals surface area (Å²) >= 11 is 0. The van der Waals surface area contributed by atoms with E-state index in [2.05, 4.69) is 15.3 Å². The molecule has 1 aromatic rings. The molecule has 3 rings (SSSR count). The van der Waals surface area contributed by atoms with E-state index in [-0.39, 0.29) is 17.9 Å². The average molecular weight is 280 g/mol. The van der Waals surface area contributed by atoms with Crippen molar-refractivity contribution in [1.29, 1.82) is 0 Å². The van der Waals surface area contributed by atoms with Gasteiger partial charge in [0.25, 0.3) is 0 Å². The van der Waals surface area contributed by atoms with Gasteiger partial charge in [-0.05, 0) is 0 Å². The van der Waals surface area contributed by atoms with Gasteiger partial charge in [0.1, 0.15) is 0 Å². The summed E-state index contributed by atoms with van der Waals surface area (Å²) in [6.07, 6.45) is 3.39. The number of amides is 1. The molecule has 2 saturated heterocycles. The number of carbonyl (C=O) groups excluding carboxylic acids is 1. The number of carbonyl (C=O) groups is 1. The molecule has 2 aliphatic rings. The number of rotatable bonds is 4. The minimum absolute atomic E-state index is 0.0491. The molecule has 2 N–H and O–H groups in total. The van der Waals surface area contributed by atoms with E-state index in [4.69, 9.17) is 4.74 Å². The standard InChI is InChI=1S/C13H20N4O3/c1-16-4-11(2-14-16)15-12(19)5-17-3-10-6-20-9-13(10,7-17)8-18/h2,4,10,18H,3,5-9H2,1H3,(H,15,19)/t10-,13-/m0/s1. The molecule has 0 unspecified atom stereocenters. The van der Waals surface area contributed by atoms with Gasteiger partial charge in [0.2, 0.25) is 5.91 Å². The van der Waals surface area contributed by atoms with Crippen molar-refractivity contribution in [2.24, 2.45) is 18.4 Å². The van der Waals surface area contributed by atoms with E-state index in [1.165, 1.54) is 0 Å². The molecule has 0 spiro atoms. The SMILES string of the molecule is Cn1cc(NC(=O)CN2C[C@H]3COC[C@@]3(CO)C2)cn1. The summed E-state index contributed by atoms with van der Waals surface area (Å²) in [5.41, 5.74) is 0.534. The third-order valence-corrected chi connectivity index (χ3v) is 4.26. The molecule has 0 radical (unpaired) electrons. The van der Waals surface area contributed by atoms with Crippen molar-refractivity contribution in [1.82, 2.24) is 14.7 Å². The molecule has 2 aliphatic heterocycles. The lowest BCUT2D eigenvalue weighted by molar-refractivity contribution is -0.117. The molecule has 1 aromatic heterocycles. The van der Waals surface area contributed by atoms with Gasteiger partial charge in [-0.15, -0.1) is 0 Å². The molecular weight excluding hydrogens is 260 g/mol. The zero-order chi connectivity index (χ0) is 14.2. The Balaban J connectivity index is 1.55. The number of aliphatic hydroxyl groups is 1. The van der Waals surface area contributed by atoms with Crippen LogP contribution in [-0.4, -0.2) is 65.1 Å². The number of nitrogens with one attached hydrogen (secondary N) is 1. The van der Waals surface area contributed by atoms with E-state index in [0.717, 1.165) is 6.54 Å². The van der Waals surface area contributed by atoms with Gasteiger partial charge in [-0.2, -0.15) is 5.10 Å². The van der Waals surface area contributed by atoms with Gasteiger partial charge < -0.3 is 15.2 Å². The van der Waals surface area contributed by atoms with Crippen molar-refractivity contribution >= 4 is 11.6 Å². The highest BCUT2D eigenvalue weighted by Crippen LogP contribution is 2.40. The van der Waals surface area contributed by atoms with Gasteiger partial charge in [-0.1, -0.05) is 0 Å². The number of fused-ring (bicyclic) bond motifs is 1. The molecule has 3 heterocycles. The Labute approximate surface area is 117 Å². The number of aryl methyl sites for hydroxylation is 1. The number of anilines is 1. The molecule has 2 fully saturated rings. The number of hydrogen-bond acceptors (Lipinski definition) is 5. The van der Waals surface area contributed by atoms with Crippen LogP contribution >= 0.6 is 0 Å².